The highest BCUT2D eigenvalue weighted by Gasteiger charge is 2.41. The molecule has 0 saturated carbocycles. The minimum atomic E-state index is -0.663. The standard InChI is InChI=1S/C26H27ClN4O3S/c1-16-22(24(33)34-26(2,3)4)23(18-5-7-19(27)8-6-18)31-20(15-35-25(31)30-16)13-21(32)29-14-17-9-11-28-12-10-17/h5-12,15,23H,13-14H2,1-4H3,(H,29,32)/t23-/m1/s1. The zero-order chi connectivity index (χ0) is 25.2. The lowest BCUT2D eigenvalue weighted by Gasteiger charge is -2.37. The Hall–Kier alpha value is -3.10. The summed E-state index contributed by atoms with van der Waals surface area (Å²) in [5.41, 5.74) is 2.95. The van der Waals surface area contributed by atoms with Crippen molar-refractivity contribution in [3.8, 4) is 0 Å². The van der Waals surface area contributed by atoms with E-state index in [0.29, 0.717) is 28.0 Å². The first-order valence-corrected chi connectivity index (χ1v) is 12.5. The van der Waals surface area contributed by atoms with Crippen molar-refractivity contribution in [3.05, 3.63) is 87.3 Å². The van der Waals surface area contributed by atoms with Gasteiger partial charge in [0.25, 0.3) is 0 Å². The Morgan fingerprint density at radius 2 is 1.83 bits per heavy atom. The third-order valence-corrected chi connectivity index (χ3v) is 6.53. The highest BCUT2D eigenvalue weighted by molar-refractivity contribution is 8.16. The molecule has 1 atom stereocenters. The molecule has 0 bridgehead atoms. The number of benzene rings is 1. The molecule has 1 aromatic heterocycles. The second kappa shape index (κ2) is 10.3. The van der Waals surface area contributed by atoms with E-state index in [1.54, 1.807) is 24.5 Å². The van der Waals surface area contributed by atoms with Gasteiger partial charge in [-0.3, -0.25) is 9.78 Å². The Labute approximate surface area is 214 Å². The number of allylic oxidation sites excluding steroid dienone is 1. The van der Waals surface area contributed by atoms with Gasteiger partial charge >= 0.3 is 5.97 Å². The average molecular weight is 511 g/mol. The number of amidine groups is 1. The maximum atomic E-state index is 13.3. The summed E-state index contributed by atoms with van der Waals surface area (Å²) in [5.74, 6) is -0.564. The molecule has 0 spiro atoms. The quantitative estimate of drug-likeness (QED) is 0.527. The number of fused-ring (bicyclic) bond motifs is 1. The Morgan fingerprint density at radius 3 is 2.49 bits per heavy atom. The number of thioether (sulfide) groups is 1. The molecule has 4 rings (SSSR count). The average Bonchev–Trinajstić information content (AvgIpc) is 3.18. The van der Waals surface area contributed by atoms with E-state index < -0.39 is 17.6 Å². The Morgan fingerprint density at radius 1 is 1.14 bits per heavy atom. The van der Waals surface area contributed by atoms with Gasteiger partial charge in [-0.1, -0.05) is 35.5 Å². The van der Waals surface area contributed by atoms with E-state index in [2.05, 4.69) is 15.3 Å². The van der Waals surface area contributed by atoms with Gasteiger partial charge in [0.05, 0.1) is 23.7 Å². The predicted octanol–water partition coefficient (Wildman–Crippen LogP) is 5.36. The van der Waals surface area contributed by atoms with Gasteiger partial charge in [-0.05, 0) is 68.5 Å². The molecule has 1 amide bonds. The molecule has 0 fully saturated rings. The van der Waals surface area contributed by atoms with Crippen molar-refractivity contribution in [2.75, 3.05) is 0 Å². The van der Waals surface area contributed by atoms with E-state index in [0.717, 1.165) is 16.8 Å². The van der Waals surface area contributed by atoms with Crippen molar-refractivity contribution in [2.45, 2.75) is 52.3 Å². The number of nitrogens with zero attached hydrogens (tertiary/aromatic N) is 3. The highest BCUT2D eigenvalue weighted by atomic mass is 35.5. The van der Waals surface area contributed by atoms with Gasteiger partial charge in [0, 0.05) is 29.7 Å². The number of carbonyl (C=O) groups is 2. The summed E-state index contributed by atoms with van der Waals surface area (Å²) >= 11 is 7.58. The number of carbonyl (C=O) groups excluding carboxylic acids is 2. The monoisotopic (exact) mass is 510 g/mol. The second-order valence-corrected chi connectivity index (χ2v) is 10.5. The van der Waals surface area contributed by atoms with E-state index in [1.165, 1.54) is 11.8 Å². The summed E-state index contributed by atoms with van der Waals surface area (Å²) in [6, 6.07) is 10.6. The Balaban J connectivity index is 1.62. The van der Waals surface area contributed by atoms with Crippen LogP contribution >= 0.6 is 23.4 Å². The molecule has 1 aromatic carbocycles. The first-order chi connectivity index (χ1) is 16.6. The third kappa shape index (κ3) is 5.94. The fraction of sp³-hybridized carbons (Fsp3) is 0.308. The van der Waals surface area contributed by atoms with Crippen LogP contribution in [0.1, 0.15) is 51.3 Å². The predicted molar refractivity (Wildman–Crippen MR) is 138 cm³/mol. The van der Waals surface area contributed by atoms with Gasteiger partial charge in [-0.25, -0.2) is 9.79 Å². The number of pyridine rings is 1. The number of esters is 1. The Kier molecular flexibility index (Phi) is 7.33. The van der Waals surface area contributed by atoms with Crippen molar-refractivity contribution in [1.82, 2.24) is 15.2 Å². The van der Waals surface area contributed by atoms with Gasteiger partial charge < -0.3 is 15.0 Å². The molecular weight excluding hydrogens is 484 g/mol. The van der Waals surface area contributed by atoms with Crippen LogP contribution in [0.3, 0.4) is 0 Å². The van der Waals surface area contributed by atoms with Crippen LogP contribution in [0.15, 0.2) is 76.2 Å². The molecule has 7 nitrogen and oxygen atoms in total. The molecule has 1 N–H and O–H groups in total. The van der Waals surface area contributed by atoms with Crippen molar-refractivity contribution in [1.29, 1.82) is 0 Å². The van der Waals surface area contributed by atoms with Gasteiger partial charge in [-0.2, -0.15) is 0 Å². The van der Waals surface area contributed by atoms with Crippen molar-refractivity contribution in [2.24, 2.45) is 4.99 Å². The summed E-state index contributed by atoms with van der Waals surface area (Å²) in [6.07, 6.45) is 3.52. The smallest absolute Gasteiger partial charge is 0.338 e. The molecule has 0 radical (unpaired) electrons. The van der Waals surface area contributed by atoms with E-state index in [-0.39, 0.29) is 12.3 Å². The van der Waals surface area contributed by atoms with E-state index in [1.807, 2.05) is 62.3 Å². The van der Waals surface area contributed by atoms with E-state index in [4.69, 9.17) is 16.3 Å². The van der Waals surface area contributed by atoms with Crippen LogP contribution in [0.5, 0.6) is 0 Å². The van der Waals surface area contributed by atoms with Crippen LogP contribution in [-0.2, 0) is 20.9 Å². The number of ether oxygens (including phenoxy) is 1. The number of nitrogens with one attached hydrogen (secondary N) is 1. The summed E-state index contributed by atoms with van der Waals surface area (Å²) in [7, 11) is 0. The topological polar surface area (TPSA) is 83.9 Å². The molecule has 2 aliphatic rings. The molecule has 35 heavy (non-hydrogen) atoms. The molecule has 182 valence electrons. The van der Waals surface area contributed by atoms with E-state index >= 15 is 0 Å². The van der Waals surface area contributed by atoms with Crippen LogP contribution in [0.25, 0.3) is 0 Å². The number of hydrogen-bond donors (Lipinski definition) is 1. The molecule has 2 aromatic rings. The van der Waals surface area contributed by atoms with E-state index in [9.17, 15) is 9.59 Å². The maximum Gasteiger partial charge on any atom is 0.338 e. The lowest BCUT2D eigenvalue weighted by atomic mass is 9.93. The summed E-state index contributed by atoms with van der Waals surface area (Å²) < 4.78 is 5.75. The zero-order valence-corrected chi connectivity index (χ0v) is 21.6. The van der Waals surface area contributed by atoms with Gasteiger partial charge in [-0.15, -0.1) is 0 Å². The van der Waals surface area contributed by atoms with Crippen LogP contribution in [0.4, 0.5) is 0 Å². The second-order valence-electron chi connectivity index (χ2n) is 9.26. The van der Waals surface area contributed by atoms with Crippen LogP contribution in [-0.4, -0.2) is 32.5 Å². The molecule has 0 aliphatic carbocycles. The first-order valence-electron chi connectivity index (χ1n) is 11.2. The number of hydrogen-bond acceptors (Lipinski definition) is 7. The number of rotatable bonds is 6. The number of aromatic nitrogens is 1. The van der Waals surface area contributed by atoms with Crippen molar-refractivity contribution < 1.29 is 14.3 Å². The number of halogens is 1. The SMILES string of the molecule is CC1=C(C(=O)OC(C)(C)C)[C@@H](c2ccc(Cl)cc2)N2C(CC(=O)NCc3ccncc3)=CSC2=N1. The Bertz CT molecular complexity index is 1220. The minimum Gasteiger partial charge on any atom is -0.456 e. The van der Waals surface area contributed by atoms with Crippen LogP contribution in [0, 0.1) is 0 Å². The molecule has 0 saturated heterocycles. The lowest BCUT2D eigenvalue weighted by Crippen LogP contribution is -2.39. The van der Waals surface area contributed by atoms with Crippen LogP contribution in [0.2, 0.25) is 5.02 Å². The normalized spacial score (nSPS) is 17.5. The fourth-order valence-corrected chi connectivity index (χ4v) is 4.94. The maximum absolute atomic E-state index is 13.3. The third-order valence-electron chi connectivity index (χ3n) is 5.39. The summed E-state index contributed by atoms with van der Waals surface area (Å²) in [4.78, 5) is 36.8. The molecule has 3 heterocycles. The molecular formula is C26H27ClN4O3S. The van der Waals surface area contributed by atoms with Crippen molar-refractivity contribution in [3.63, 3.8) is 0 Å². The largest absolute Gasteiger partial charge is 0.456 e. The molecule has 0 unspecified atom stereocenters. The molecule has 2 aliphatic heterocycles. The minimum absolute atomic E-state index is 0.130. The zero-order valence-electron chi connectivity index (χ0n) is 20.0. The van der Waals surface area contributed by atoms with Crippen molar-refractivity contribution >= 4 is 40.4 Å². The summed E-state index contributed by atoms with van der Waals surface area (Å²) in [6.45, 7) is 7.72. The first kappa shape index (κ1) is 25.0. The van der Waals surface area contributed by atoms with Gasteiger partial charge in [0.1, 0.15) is 5.60 Å². The lowest BCUT2D eigenvalue weighted by molar-refractivity contribution is -0.150. The fourth-order valence-electron chi connectivity index (χ4n) is 3.85. The number of aliphatic imine (C=N–C) groups is 1. The summed E-state index contributed by atoms with van der Waals surface area (Å²) in [5, 5.41) is 6.18. The van der Waals surface area contributed by atoms with Gasteiger partial charge in [0.15, 0.2) is 5.17 Å². The highest BCUT2D eigenvalue weighted by Crippen LogP contribution is 2.45. The van der Waals surface area contributed by atoms with Gasteiger partial charge in [0.2, 0.25) is 5.91 Å². The number of amides is 1. The molecule has 9 heteroatoms. The van der Waals surface area contributed by atoms with Crippen LogP contribution < -0.4 is 5.32 Å².